The van der Waals surface area contributed by atoms with Crippen molar-refractivity contribution < 1.29 is 14.3 Å². The second-order valence-electron chi connectivity index (χ2n) is 5.25. The van der Waals surface area contributed by atoms with Crippen LogP contribution in [0.25, 0.3) is 0 Å². The molecule has 0 saturated carbocycles. The minimum atomic E-state index is -0.279. The molecule has 0 unspecified atom stereocenters. The zero-order valence-electron chi connectivity index (χ0n) is 12.4. The fourth-order valence-electron chi connectivity index (χ4n) is 2.49. The monoisotopic (exact) mass is 284 g/mol. The van der Waals surface area contributed by atoms with Crippen molar-refractivity contribution >= 4 is 12.1 Å². The fourth-order valence-corrected chi connectivity index (χ4v) is 2.49. The van der Waals surface area contributed by atoms with Gasteiger partial charge in [-0.25, -0.2) is 9.59 Å². The lowest BCUT2D eigenvalue weighted by molar-refractivity contribution is 0.0736. The van der Waals surface area contributed by atoms with Gasteiger partial charge in [0.05, 0.1) is 6.61 Å². The maximum Gasteiger partial charge on any atom is 0.409 e. The number of piperazine rings is 2. The molecular weight excluding hydrogens is 260 g/mol. The molecule has 2 fully saturated rings. The Morgan fingerprint density at radius 1 is 0.850 bits per heavy atom. The van der Waals surface area contributed by atoms with Gasteiger partial charge >= 0.3 is 12.1 Å². The predicted octanol–water partition coefficient (Wildman–Crippen LogP) is 0.128. The summed E-state index contributed by atoms with van der Waals surface area (Å²) in [5.41, 5.74) is 0. The van der Waals surface area contributed by atoms with Crippen LogP contribution in [-0.4, -0.2) is 97.7 Å². The van der Waals surface area contributed by atoms with Crippen LogP contribution in [0.2, 0.25) is 0 Å². The van der Waals surface area contributed by atoms with Crippen LogP contribution in [0.15, 0.2) is 0 Å². The fraction of sp³-hybridized carbons (Fsp3) is 0.846. The van der Waals surface area contributed by atoms with E-state index in [4.69, 9.17) is 4.74 Å². The van der Waals surface area contributed by atoms with Crippen LogP contribution in [-0.2, 0) is 4.74 Å². The van der Waals surface area contributed by atoms with Crippen molar-refractivity contribution in [3.05, 3.63) is 0 Å². The zero-order valence-corrected chi connectivity index (χ0v) is 12.4. The first-order valence-corrected chi connectivity index (χ1v) is 7.26. The van der Waals surface area contributed by atoms with Crippen LogP contribution in [0.1, 0.15) is 6.92 Å². The summed E-state index contributed by atoms with van der Waals surface area (Å²) in [6.45, 7) is 7.89. The van der Waals surface area contributed by atoms with Crippen LogP contribution >= 0.6 is 0 Å². The summed E-state index contributed by atoms with van der Waals surface area (Å²) in [5.74, 6) is 0. The summed E-state index contributed by atoms with van der Waals surface area (Å²) < 4.78 is 4.97. The Kier molecular flexibility index (Phi) is 5.05. The third kappa shape index (κ3) is 3.53. The average molecular weight is 284 g/mol. The van der Waals surface area contributed by atoms with Crippen molar-refractivity contribution in [1.82, 2.24) is 19.6 Å². The molecule has 20 heavy (non-hydrogen) atoms. The van der Waals surface area contributed by atoms with E-state index in [1.165, 1.54) is 0 Å². The van der Waals surface area contributed by atoms with Gasteiger partial charge < -0.3 is 24.3 Å². The highest BCUT2D eigenvalue weighted by Crippen LogP contribution is 2.09. The van der Waals surface area contributed by atoms with E-state index in [9.17, 15) is 9.59 Å². The number of likely N-dealkylation sites (N-methyl/N-ethyl adjacent to an activating group) is 1. The van der Waals surface area contributed by atoms with Crippen molar-refractivity contribution in [3.8, 4) is 0 Å². The quantitative estimate of drug-likeness (QED) is 0.687. The van der Waals surface area contributed by atoms with Crippen molar-refractivity contribution in [3.63, 3.8) is 0 Å². The molecule has 0 aromatic rings. The van der Waals surface area contributed by atoms with E-state index in [2.05, 4.69) is 11.9 Å². The van der Waals surface area contributed by atoms with Crippen LogP contribution in [0.4, 0.5) is 9.59 Å². The number of hydrogen-bond donors (Lipinski definition) is 0. The second kappa shape index (κ2) is 6.78. The van der Waals surface area contributed by atoms with Gasteiger partial charge in [-0.3, -0.25) is 0 Å². The number of urea groups is 1. The van der Waals surface area contributed by atoms with E-state index in [-0.39, 0.29) is 12.1 Å². The Morgan fingerprint density at radius 2 is 1.30 bits per heavy atom. The molecule has 2 saturated heterocycles. The number of carbonyl (C=O) groups excluding carboxylic acids is 2. The van der Waals surface area contributed by atoms with Crippen LogP contribution in [0.3, 0.4) is 0 Å². The molecule has 0 aromatic heterocycles. The summed E-state index contributed by atoms with van der Waals surface area (Å²) in [6.07, 6.45) is -0.279. The lowest BCUT2D eigenvalue weighted by atomic mass is 10.3. The Labute approximate surface area is 120 Å². The van der Waals surface area contributed by atoms with Gasteiger partial charge in [0.15, 0.2) is 0 Å². The van der Waals surface area contributed by atoms with Gasteiger partial charge in [-0.15, -0.1) is 0 Å². The van der Waals surface area contributed by atoms with Crippen molar-refractivity contribution in [2.45, 2.75) is 6.92 Å². The van der Waals surface area contributed by atoms with Crippen molar-refractivity contribution in [1.29, 1.82) is 0 Å². The molecule has 7 heteroatoms. The first-order valence-electron chi connectivity index (χ1n) is 7.26. The van der Waals surface area contributed by atoms with Gasteiger partial charge in [0.1, 0.15) is 0 Å². The molecular formula is C13H24N4O3. The molecule has 0 spiro atoms. The zero-order chi connectivity index (χ0) is 14.5. The smallest absolute Gasteiger partial charge is 0.409 e. The SMILES string of the molecule is CCOC(=O)N1CCN(C(=O)N2CCN(C)CC2)CC1. The Morgan fingerprint density at radius 3 is 1.80 bits per heavy atom. The second-order valence-corrected chi connectivity index (χ2v) is 5.25. The number of amides is 3. The van der Waals surface area contributed by atoms with E-state index >= 15 is 0 Å². The first-order chi connectivity index (χ1) is 9.61. The van der Waals surface area contributed by atoms with Gasteiger partial charge in [0.2, 0.25) is 0 Å². The van der Waals surface area contributed by atoms with E-state index in [1.807, 2.05) is 9.80 Å². The summed E-state index contributed by atoms with van der Waals surface area (Å²) in [6, 6.07) is 0.0987. The topological polar surface area (TPSA) is 56.3 Å². The van der Waals surface area contributed by atoms with E-state index in [0.717, 1.165) is 26.2 Å². The molecule has 7 nitrogen and oxygen atoms in total. The van der Waals surface area contributed by atoms with Crippen LogP contribution in [0, 0.1) is 0 Å². The first kappa shape index (κ1) is 14.9. The van der Waals surface area contributed by atoms with Gasteiger partial charge in [-0.05, 0) is 14.0 Å². The Balaban J connectivity index is 1.78. The third-order valence-electron chi connectivity index (χ3n) is 3.85. The minimum Gasteiger partial charge on any atom is -0.450 e. The highest BCUT2D eigenvalue weighted by Gasteiger charge is 2.28. The number of rotatable bonds is 1. The van der Waals surface area contributed by atoms with Crippen molar-refractivity contribution in [2.75, 3.05) is 66.0 Å². The minimum absolute atomic E-state index is 0.0987. The molecule has 0 atom stereocenters. The summed E-state index contributed by atoms with van der Waals surface area (Å²) in [4.78, 5) is 31.6. The summed E-state index contributed by atoms with van der Waals surface area (Å²) in [5, 5.41) is 0. The maximum atomic E-state index is 12.4. The van der Waals surface area contributed by atoms with Gasteiger partial charge in [-0.2, -0.15) is 0 Å². The standard InChI is InChI=1S/C13H24N4O3/c1-3-20-13(19)17-10-8-16(9-11-17)12(18)15-6-4-14(2)5-7-15/h3-11H2,1-2H3. The Hall–Kier alpha value is -1.50. The number of carbonyl (C=O) groups is 2. The molecule has 2 aliphatic heterocycles. The Bertz CT molecular complexity index is 348. The molecule has 2 heterocycles. The molecule has 0 aliphatic carbocycles. The van der Waals surface area contributed by atoms with Crippen LogP contribution in [0.5, 0.6) is 0 Å². The number of ether oxygens (including phenoxy) is 1. The highest BCUT2D eigenvalue weighted by molar-refractivity contribution is 5.75. The predicted molar refractivity (Wildman–Crippen MR) is 74.6 cm³/mol. The molecule has 3 amide bonds. The molecule has 2 rings (SSSR count). The van der Waals surface area contributed by atoms with E-state index in [0.29, 0.717) is 32.8 Å². The number of hydrogen-bond acceptors (Lipinski definition) is 4. The molecule has 0 radical (unpaired) electrons. The van der Waals surface area contributed by atoms with E-state index < -0.39 is 0 Å². The highest BCUT2D eigenvalue weighted by atomic mass is 16.6. The maximum absolute atomic E-state index is 12.4. The normalized spacial score (nSPS) is 21.0. The summed E-state index contributed by atoms with van der Waals surface area (Å²) in [7, 11) is 2.07. The molecule has 114 valence electrons. The number of nitrogens with zero attached hydrogens (tertiary/aromatic N) is 4. The third-order valence-corrected chi connectivity index (χ3v) is 3.85. The van der Waals surface area contributed by atoms with Gasteiger partial charge in [0.25, 0.3) is 0 Å². The molecule has 0 bridgehead atoms. The van der Waals surface area contributed by atoms with Crippen molar-refractivity contribution in [2.24, 2.45) is 0 Å². The van der Waals surface area contributed by atoms with Gasteiger partial charge in [0, 0.05) is 52.4 Å². The lowest BCUT2D eigenvalue weighted by Gasteiger charge is -2.39. The summed E-state index contributed by atoms with van der Waals surface area (Å²) >= 11 is 0. The molecule has 0 aromatic carbocycles. The molecule has 2 aliphatic rings. The average Bonchev–Trinajstić information content (AvgIpc) is 2.48. The lowest BCUT2D eigenvalue weighted by Crippen LogP contribution is -2.57. The molecule has 0 N–H and O–H groups in total. The van der Waals surface area contributed by atoms with E-state index in [1.54, 1.807) is 11.8 Å². The van der Waals surface area contributed by atoms with Gasteiger partial charge in [-0.1, -0.05) is 0 Å². The largest absolute Gasteiger partial charge is 0.450 e. The van der Waals surface area contributed by atoms with Crippen LogP contribution < -0.4 is 0 Å².